The summed E-state index contributed by atoms with van der Waals surface area (Å²) in [6.07, 6.45) is 3.28. The molecule has 2 aromatic carbocycles. The van der Waals surface area contributed by atoms with Gasteiger partial charge in [-0.05, 0) is 55.1 Å². The molecular formula is C20H15ClN4OS2. The Morgan fingerprint density at radius 1 is 1.14 bits per heavy atom. The number of amides is 1. The van der Waals surface area contributed by atoms with Crippen LogP contribution in [0.5, 0.6) is 0 Å². The van der Waals surface area contributed by atoms with Crippen LogP contribution in [0.1, 0.15) is 16.1 Å². The molecule has 0 radical (unpaired) electrons. The third-order valence-corrected chi connectivity index (χ3v) is 5.96. The van der Waals surface area contributed by atoms with Gasteiger partial charge in [-0.15, -0.1) is 11.3 Å². The lowest BCUT2D eigenvalue weighted by Crippen LogP contribution is -2.15. The highest BCUT2D eigenvalue weighted by Gasteiger charge is 2.15. The fourth-order valence-electron chi connectivity index (χ4n) is 2.65. The van der Waals surface area contributed by atoms with Gasteiger partial charge in [0.05, 0.1) is 21.4 Å². The largest absolute Gasteiger partial charge is 0.321 e. The summed E-state index contributed by atoms with van der Waals surface area (Å²) in [5, 5.41) is 4.48. The number of hydrogen-bond donors (Lipinski definition) is 1. The number of fused-ring (bicyclic) bond motifs is 1. The van der Waals surface area contributed by atoms with Crippen LogP contribution in [0, 0.1) is 6.92 Å². The maximum absolute atomic E-state index is 12.5. The standard InChI is InChI=1S/C20H15ClN4OS2/c1-11-3-8-15-16(9-11)28-19(24-15)12-4-6-13(7-5-12)23-18(26)17-14(21)10-22-20(25-17)27-2/h3-10H,1-2H3,(H,23,26). The van der Waals surface area contributed by atoms with Crippen molar-refractivity contribution in [2.75, 3.05) is 11.6 Å². The highest BCUT2D eigenvalue weighted by molar-refractivity contribution is 7.98. The first-order chi connectivity index (χ1) is 13.5. The number of benzene rings is 2. The van der Waals surface area contributed by atoms with Crippen LogP contribution < -0.4 is 5.32 Å². The van der Waals surface area contributed by atoms with E-state index in [2.05, 4.69) is 39.3 Å². The van der Waals surface area contributed by atoms with Crippen LogP contribution in [-0.2, 0) is 0 Å². The Morgan fingerprint density at radius 2 is 1.93 bits per heavy atom. The zero-order valence-corrected chi connectivity index (χ0v) is 17.5. The Hall–Kier alpha value is -2.48. The minimum Gasteiger partial charge on any atom is -0.321 e. The van der Waals surface area contributed by atoms with Crippen molar-refractivity contribution in [3.8, 4) is 10.6 Å². The van der Waals surface area contributed by atoms with E-state index in [1.54, 1.807) is 11.3 Å². The maximum Gasteiger partial charge on any atom is 0.275 e. The lowest BCUT2D eigenvalue weighted by molar-refractivity contribution is 0.102. The van der Waals surface area contributed by atoms with Gasteiger partial charge in [-0.3, -0.25) is 4.79 Å². The van der Waals surface area contributed by atoms with Crippen LogP contribution in [0.2, 0.25) is 5.02 Å². The molecule has 1 amide bonds. The van der Waals surface area contributed by atoms with Gasteiger partial charge in [0.1, 0.15) is 5.01 Å². The van der Waals surface area contributed by atoms with Gasteiger partial charge < -0.3 is 5.32 Å². The van der Waals surface area contributed by atoms with Gasteiger partial charge in [0, 0.05) is 11.3 Å². The Labute approximate surface area is 175 Å². The summed E-state index contributed by atoms with van der Waals surface area (Å²) in [5.74, 6) is -0.370. The number of hydrogen-bond acceptors (Lipinski definition) is 6. The third-order valence-electron chi connectivity index (χ3n) is 4.05. The lowest BCUT2D eigenvalue weighted by Gasteiger charge is -2.07. The van der Waals surface area contributed by atoms with Crippen molar-refractivity contribution in [1.29, 1.82) is 0 Å². The third kappa shape index (κ3) is 3.87. The van der Waals surface area contributed by atoms with Crippen molar-refractivity contribution in [2.45, 2.75) is 12.1 Å². The Kier molecular flexibility index (Phi) is 5.30. The topological polar surface area (TPSA) is 67.8 Å². The van der Waals surface area contributed by atoms with E-state index < -0.39 is 0 Å². The molecular weight excluding hydrogens is 412 g/mol. The van der Waals surface area contributed by atoms with Gasteiger partial charge in [0.25, 0.3) is 5.91 Å². The van der Waals surface area contributed by atoms with E-state index in [-0.39, 0.29) is 16.6 Å². The number of rotatable bonds is 4. The second-order valence-electron chi connectivity index (χ2n) is 6.07. The number of aromatic nitrogens is 3. The molecule has 0 atom stereocenters. The summed E-state index contributed by atoms with van der Waals surface area (Å²) in [4.78, 5) is 25.4. The van der Waals surface area contributed by atoms with Crippen LogP contribution in [0.3, 0.4) is 0 Å². The average molecular weight is 427 g/mol. The normalized spacial score (nSPS) is 11.0. The predicted molar refractivity (Wildman–Crippen MR) is 117 cm³/mol. The number of anilines is 1. The molecule has 5 nitrogen and oxygen atoms in total. The SMILES string of the molecule is CSc1ncc(Cl)c(C(=O)Nc2ccc(-c3nc4ccc(C)cc4s3)cc2)n1. The molecule has 2 heterocycles. The number of carbonyl (C=O) groups excluding carboxylic acids is 1. The summed E-state index contributed by atoms with van der Waals surface area (Å²) >= 11 is 9.07. The van der Waals surface area contributed by atoms with Gasteiger partial charge in [-0.2, -0.15) is 0 Å². The number of nitrogens with one attached hydrogen (secondary N) is 1. The summed E-state index contributed by atoms with van der Waals surface area (Å²) in [6, 6.07) is 13.8. The molecule has 2 aromatic heterocycles. The highest BCUT2D eigenvalue weighted by Crippen LogP contribution is 2.31. The molecule has 0 bridgehead atoms. The molecule has 0 aliphatic heterocycles. The molecule has 0 saturated carbocycles. The molecule has 28 heavy (non-hydrogen) atoms. The molecule has 140 valence electrons. The quantitative estimate of drug-likeness (QED) is 0.335. The lowest BCUT2D eigenvalue weighted by atomic mass is 10.2. The van der Waals surface area contributed by atoms with Gasteiger partial charge in [0.2, 0.25) is 0 Å². The van der Waals surface area contributed by atoms with Crippen molar-refractivity contribution in [3.05, 3.63) is 64.9 Å². The van der Waals surface area contributed by atoms with E-state index in [1.165, 1.54) is 23.5 Å². The average Bonchev–Trinajstić information content (AvgIpc) is 3.12. The van der Waals surface area contributed by atoms with Gasteiger partial charge in [0.15, 0.2) is 10.9 Å². The van der Waals surface area contributed by atoms with Gasteiger partial charge in [-0.25, -0.2) is 15.0 Å². The van der Waals surface area contributed by atoms with Crippen molar-refractivity contribution in [3.63, 3.8) is 0 Å². The van der Waals surface area contributed by atoms with Crippen LogP contribution in [0.4, 0.5) is 5.69 Å². The smallest absolute Gasteiger partial charge is 0.275 e. The molecule has 4 rings (SSSR count). The molecule has 4 aromatic rings. The summed E-state index contributed by atoms with van der Waals surface area (Å²) in [6.45, 7) is 2.07. The number of nitrogens with zero attached hydrogens (tertiary/aromatic N) is 3. The molecule has 0 aliphatic rings. The molecule has 0 spiro atoms. The fraction of sp³-hybridized carbons (Fsp3) is 0.100. The first kappa shape index (κ1) is 18.9. The Bertz CT molecular complexity index is 1170. The van der Waals surface area contributed by atoms with Gasteiger partial charge >= 0.3 is 0 Å². The first-order valence-electron chi connectivity index (χ1n) is 8.39. The molecule has 0 fully saturated rings. The van der Waals surface area contributed by atoms with Crippen LogP contribution >= 0.6 is 34.7 Å². The van der Waals surface area contributed by atoms with E-state index in [9.17, 15) is 4.79 Å². The van der Waals surface area contributed by atoms with E-state index >= 15 is 0 Å². The van der Waals surface area contributed by atoms with Crippen molar-refractivity contribution in [1.82, 2.24) is 15.0 Å². The zero-order chi connectivity index (χ0) is 19.7. The maximum atomic E-state index is 12.5. The molecule has 8 heteroatoms. The molecule has 1 N–H and O–H groups in total. The molecule has 0 unspecified atom stereocenters. The second-order valence-corrected chi connectivity index (χ2v) is 8.29. The van der Waals surface area contributed by atoms with Crippen molar-refractivity contribution in [2.24, 2.45) is 0 Å². The zero-order valence-electron chi connectivity index (χ0n) is 15.1. The number of thiazole rings is 1. The van der Waals surface area contributed by atoms with Crippen LogP contribution in [0.25, 0.3) is 20.8 Å². The van der Waals surface area contributed by atoms with E-state index in [0.29, 0.717) is 10.8 Å². The summed E-state index contributed by atoms with van der Waals surface area (Å²) in [5.41, 5.74) is 4.03. The number of carbonyl (C=O) groups is 1. The Balaban J connectivity index is 1.55. The summed E-state index contributed by atoms with van der Waals surface area (Å²) < 4.78 is 1.16. The number of aryl methyl sites for hydroxylation is 1. The fourth-order valence-corrected chi connectivity index (χ4v) is 4.24. The monoisotopic (exact) mass is 426 g/mol. The first-order valence-corrected chi connectivity index (χ1v) is 10.8. The highest BCUT2D eigenvalue weighted by atomic mass is 35.5. The second kappa shape index (κ2) is 7.87. The Morgan fingerprint density at radius 3 is 2.68 bits per heavy atom. The van der Waals surface area contributed by atoms with E-state index in [4.69, 9.17) is 11.6 Å². The molecule has 0 aliphatic carbocycles. The predicted octanol–water partition coefficient (Wildman–Crippen LogP) is 5.69. The van der Waals surface area contributed by atoms with Crippen molar-refractivity contribution < 1.29 is 4.79 Å². The van der Waals surface area contributed by atoms with Crippen LogP contribution in [0.15, 0.2) is 53.8 Å². The van der Waals surface area contributed by atoms with E-state index in [0.717, 1.165) is 20.8 Å². The minimum atomic E-state index is -0.370. The number of halogens is 1. The molecule has 0 saturated heterocycles. The van der Waals surface area contributed by atoms with Crippen molar-refractivity contribution >= 4 is 56.5 Å². The van der Waals surface area contributed by atoms with Gasteiger partial charge in [-0.1, -0.05) is 29.4 Å². The van der Waals surface area contributed by atoms with Crippen LogP contribution in [-0.4, -0.2) is 27.1 Å². The summed E-state index contributed by atoms with van der Waals surface area (Å²) in [7, 11) is 0. The number of thioether (sulfide) groups is 1. The minimum absolute atomic E-state index is 0.159. The van der Waals surface area contributed by atoms with E-state index in [1.807, 2.05) is 36.6 Å².